The number of amides is 3. The molecule has 2 saturated heterocycles. The Balaban J connectivity index is 1.41. The van der Waals surface area contributed by atoms with Gasteiger partial charge in [-0.3, -0.25) is 14.4 Å². The lowest BCUT2D eigenvalue weighted by molar-refractivity contribution is -0.143. The number of rotatable bonds is 5. The van der Waals surface area contributed by atoms with Gasteiger partial charge >= 0.3 is 0 Å². The van der Waals surface area contributed by atoms with Gasteiger partial charge in [0.15, 0.2) is 0 Å². The summed E-state index contributed by atoms with van der Waals surface area (Å²) >= 11 is 0. The first kappa shape index (κ1) is 21.1. The summed E-state index contributed by atoms with van der Waals surface area (Å²) in [5.41, 5.74) is -0.831. The van der Waals surface area contributed by atoms with E-state index < -0.39 is 35.1 Å². The molecule has 5 atom stereocenters. The lowest BCUT2D eigenvalue weighted by Gasteiger charge is -2.34. The fraction of sp³-hybridized carbons (Fsp3) is 0.542. The molecular formula is C24H28FN3O4. The molecule has 5 rings (SSSR count). The standard InChI is InChI=1S/C24H28FN3O4/c1-23(2,3)27-21(30)19-24-11-10-16(32-24)17(18(24)22(31)28(19)15-8-9-15)20(29)26-12-13-4-6-14(25)7-5-13/h4-7,10-11,15-19H,8-9,12H2,1-3H3,(H,26,29)(H,27,30)/t16-,17-,18-,19+,24+/m1/s1. The predicted molar refractivity (Wildman–Crippen MR) is 114 cm³/mol. The Morgan fingerprint density at radius 2 is 1.88 bits per heavy atom. The smallest absolute Gasteiger partial charge is 0.246 e. The average Bonchev–Trinajstić information content (AvgIpc) is 3.31. The Hall–Kier alpha value is -2.74. The maximum atomic E-state index is 13.6. The van der Waals surface area contributed by atoms with Gasteiger partial charge in [0, 0.05) is 18.1 Å². The van der Waals surface area contributed by atoms with E-state index in [4.69, 9.17) is 4.74 Å². The van der Waals surface area contributed by atoms with Gasteiger partial charge in [-0.05, 0) is 51.3 Å². The fourth-order valence-electron chi connectivity index (χ4n) is 5.30. The number of halogens is 1. The molecule has 4 aliphatic rings. The Kier molecular flexibility index (Phi) is 4.71. The van der Waals surface area contributed by atoms with Crippen molar-refractivity contribution in [2.75, 3.05) is 0 Å². The van der Waals surface area contributed by atoms with Gasteiger partial charge in [0.1, 0.15) is 17.5 Å². The molecule has 2 N–H and O–H groups in total. The Labute approximate surface area is 186 Å². The normalized spacial score (nSPS) is 32.9. The summed E-state index contributed by atoms with van der Waals surface area (Å²) in [6.07, 6.45) is 4.77. The molecule has 0 aromatic heterocycles. The van der Waals surface area contributed by atoms with Gasteiger partial charge in [0.25, 0.3) is 0 Å². The summed E-state index contributed by atoms with van der Waals surface area (Å²) < 4.78 is 19.4. The van der Waals surface area contributed by atoms with Crippen molar-refractivity contribution in [3.63, 3.8) is 0 Å². The number of fused-ring (bicyclic) bond motifs is 1. The Bertz CT molecular complexity index is 997. The summed E-state index contributed by atoms with van der Waals surface area (Å²) in [6.45, 7) is 5.91. The second kappa shape index (κ2) is 7.13. The molecule has 1 spiro atoms. The maximum absolute atomic E-state index is 13.6. The molecule has 2 bridgehead atoms. The van der Waals surface area contributed by atoms with E-state index >= 15 is 0 Å². The van der Waals surface area contributed by atoms with Crippen LogP contribution in [-0.2, 0) is 25.7 Å². The zero-order valence-electron chi connectivity index (χ0n) is 18.4. The van der Waals surface area contributed by atoms with Crippen LogP contribution in [0.3, 0.4) is 0 Å². The summed E-state index contributed by atoms with van der Waals surface area (Å²) in [4.78, 5) is 41.8. The molecule has 0 unspecified atom stereocenters. The number of hydrogen-bond acceptors (Lipinski definition) is 4. The van der Waals surface area contributed by atoms with E-state index in [1.807, 2.05) is 26.8 Å². The monoisotopic (exact) mass is 441 g/mol. The zero-order valence-corrected chi connectivity index (χ0v) is 18.4. The van der Waals surface area contributed by atoms with Crippen molar-refractivity contribution in [2.45, 2.75) is 69.5 Å². The third-order valence-electron chi connectivity index (χ3n) is 6.68. The highest BCUT2D eigenvalue weighted by Gasteiger charge is 2.74. The molecule has 3 heterocycles. The Morgan fingerprint density at radius 3 is 2.50 bits per heavy atom. The minimum Gasteiger partial charge on any atom is -0.359 e. The van der Waals surface area contributed by atoms with E-state index in [1.54, 1.807) is 23.1 Å². The minimum atomic E-state index is -1.13. The molecule has 1 aliphatic carbocycles. The SMILES string of the molecule is CC(C)(C)NC(=O)[C@@H]1N(C2CC2)C(=O)[C@H]2[C@H](C(=O)NCc3ccc(F)cc3)[C@H]3C=C[C@@]12O3. The minimum absolute atomic E-state index is 0.0113. The van der Waals surface area contributed by atoms with Crippen molar-refractivity contribution in [3.8, 4) is 0 Å². The number of nitrogens with one attached hydrogen (secondary N) is 2. The first-order chi connectivity index (χ1) is 15.1. The molecule has 1 aromatic carbocycles. The van der Waals surface area contributed by atoms with Crippen LogP contribution >= 0.6 is 0 Å². The lowest BCUT2D eigenvalue weighted by atomic mass is 9.74. The topological polar surface area (TPSA) is 87.7 Å². The van der Waals surface area contributed by atoms with Crippen LogP contribution < -0.4 is 10.6 Å². The van der Waals surface area contributed by atoms with Gasteiger partial charge < -0.3 is 20.3 Å². The fourth-order valence-corrected chi connectivity index (χ4v) is 5.30. The molecule has 8 heteroatoms. The van der Waals surface area contributed by atoms with E-state index in [-0.39, 0.29) is 36.1 Å². The highest BCUT2D eigenvalue weighted by atomic mass is 19.1. The number of carbonyl (C=O) groups is 3. The molecule has 170 valence electrons. The van der Waals surface area contributed by atoms with E-state index in [1.165, 1.54) is 12.1 Å². The van der Waals surface area contributed by atoms with Gasteiger partial charge in [-0.2, -0.15) is 0 Å². The van der Waals surface area contributed by atoms with Crippen LogP contribution in [0.1, 0.15) is 39.2 Å². The van der Waals surface area contributed by atoms with Crippen LogP contribution in [0.5, 0.6) is 0 Å². The largest absolute Gasteiger partial charge is 0.359 e. The van der Waals surface area contributed by atoms with Crippen molar-refractivity contribution < 1.29 is 23.5 Å². The molecule has 3 aliphatic heterocycles. The van der Waals surface area contributed by atoms with E-state index in [2.05, 4.69) is 10.6 Å². The van der Waals surface area contributed by atoms with Crippen LogP contribution in [0, 0.1) is 17.7 Å². The highest BCUT2D eigenvalue weighted by Crippen LogP contribution is 2.57. The molecule has 3 amide bonds. The van der Waals surface area contributed by atoms with Gasteiger partial charge in [-0.25, -0.2) is 4.39 Å². The van der Waals surface area contributed by atoms with E-state index in [9.17, 15) is 18.8 Å². The molecular weight excluding hydrogens is 413 g/mol. The van der Waals surface area contributed by atoms with Crippen LogP contribution in [-0.4, -0.2) is 51.9 Å². The van der Waals surface area contributed by atoms with Crippen LogP contribution in [0.25, 0.3) is 0 Å². The predicted octanol–water partition coefficient (Wildman–Crippen LogP) is 1.67. The molecule has 0 radical (unpaired) electrons. The number of nitrogens with zero attached hydrogens (tertiary/aromatic N) is 1. The van der Waals surface area contributed by atoms with E-state index in [0.717, 1.165) is 18.4 Å². The van der Waals surface area contributed by atoms with E-state index in [0.29, 0.717) is 0 Å². The Morgan fingerprint density at radius 1 is 1.19 bits per heavy atom. The van der Waals surface area contributed by atoms with Crippen molar-refractivity contribution in [1.29, 1.82) is 0 Å². The number of ether oxygens (including phenoxy) is 1. The number of benzene rings is 1. The van der Waals surface area contributed by atoms with Gasteiger partial charge in [0.2, 0.25) is 17.7 Å². The summed E-state index contributed by atoms with van der Waals surface area (Å²) in [5, 5.41) is 5.87. The van der Waals surface area contributed by atoms with Crippen molar-refractivity contribution >= 4 is 17.7 Å². The molecule has 32 heavy (non-hydrogen) atoms. The van der Waals surface area contributed by atoms with Gasteiger partial charge in [-0.15, -0.1) is 0 Å². The zero-order chi connectivity index (χ0) is 22.8. The number of hydrogen-bond donors (Lipinski definition) is 2. The van der Waals surface area contributed by atoms with Crippen molar-refractivity contribution in [1.82, 2.24) is 15.5 Å². The summed E-state index contributed by atoms with van der Waals surface area (Å²) in [5.74, 6) is -2.52. The molecule has 1 aromatic rings. The van der Waals surface area contributed by atoms with Crippen LogP contribution in [0.15, 0.2) is 36.4 Å². The third-order valence-corrected chi connectivity index (χ3v) is 6.68. The lowest BCUT2D eigenvalue weighted by Crippen LogP contribution is -2.58. The van der Waals surface area contributed by atoms with Crippen molar-refractivity contribution in [3.05, 3.63) is 47.8 Å². The molecule has 3 fully saturated rings. The first-order valence-corrected chi connectivity index (χ1v) is 11.1. The third kappa shape index (κ3) is 3.32. The first-order valence-electron chi connectivity index (χ1n) is 11.1. The number of likely N-dealkylation sites (tertiary alicyclic amines) is 1. The molecule has 7 nitrogen and oxygen atoms in total. The van der Waals surface area contributed by atoms with Crippen LogP contribution in [0.2, 0.25) is 0 Å². The van der Waals surface area contributed by atoms with Gasteiger partial charge in [-0.1, -0.05) is 24.3 Å². The summed E-state index contributed by atoms with van der Waals surface area (Å²) in [7, 11) is 0. The second-order valence-electron chi connectivity index (χ2n) is 10.3. The van der Waals surface area contributed by atoms with Crippen molar-refractivity contribution in [2.24, 2.45) is 11.8 Å². The highest BCUT2D eigenvalue weighted by molar-refractivity contribution is 6.00. The molecule has 1 saturated carbocycles. The number of carbonyl (C=O) groups excluding carboxylic acids is 3. The average molecular weight is 442 g/mol. The maximum Gasteiger partial charge on any atom is 0.246 e. The quantitative estimate of drug-likeness (QED) is 0.681. The summed E-state index contributed by atoms with van der Waals surface area (Å²) in [6, 6.07) is 5.12. The van der Waals surface area contributed by atoms with Gasteiger partial charge in [0.05, 0.1) is 17.9 Å². The van der Waals surface area contributed by atoms with Crippen LogP contribution in [0.4, 0.5) is 4.39 Å². The second-order valence-corrected chi connectivity index (χ2v) is 10.3.